The Balaban J connectivity index is 5.19. The second-order valence-corrected chi connectivity index (χ2v) is 22.8. The highest BCUT2D eigenvalue weighted by Crippen LogP contribution is 2.45. The molecular weight excluding hydrogens is 959 g/mol. The fraction of sp³-hybridized carbons (Fsp3) is 0.923. The van der Waals surface area contributed by atoms with E-state index >= 15 is 0 Å². The summed E-state index contributed by atoms with van der Waals surface area (Å²) >= 11 is 0. The Morgan fingerprint density at radius 1 is 0.380 bits per heavy atom. The first kappa shape index (κ1) is 69.1. The van der Waals surface area contributed by atoms with Gasteiger partial charge in [-0.2, -0.15) is 0 Å². The van der Waals surface area contributed by atoms with Crippen LogP contribution in [0.1, 0.15) is 241 Å². The molecule has 0 rings (SSSR count). The molecule has 0 spiro atoms. The summed E-state index contributed by atoms with van der Waals surface area (Å²) in [7, 11) is -9.85. The van der Waals surface area contributed by atoms with Gasteiger partial charge in [-0.25, -0.2) is 9.13 Å². The molecular formula is C52H100O17P2. The highest BCUT2D eigenvalue weighted by Gasteiger charge is 2.30. The molecule has 19 heteroatoms. The second-order valence-electron chi connectivity index (χ2n) is 19.9. The highest BCUT2D eigenvalue weighted by molar-refractivity contribution is 7.47. The van der Waals surface area contributed by atoms with E-state index in [-0.39, 0.29) is 25.7 Å². The maximum Gasteiger partial charge on any atom is 0.472 e. The predicted octanol–water partition coefficient (Wildman–Crippen LogP) is 13.0. The van der Waals surface area contributed by atoms with Gasteiger partial charge in [-0.1, -0.05) is 189 Å². The number of unbranched alkanes of at least 4 members (excludes halogenated alkanes) is 21. The topological polar surface area (TPSA) is 237 Å². The largest absolute Gasteiger partial charge is 0.472 e. The van der Waals surface area contributed by atoms with E-state index in [4.69, 9.17) is 37.0 Å². The number of aliphatic hydroxyl groups is 1. The molecule has 3 N–H and O–H groups in total. The molecule has 5 atom stereocenters. The second kappa shape index (κ2) is 45.5. The van der Waals surface area contributed by atoms with Gasteiger partial charge in [0.1, 0.15) is 19.3 Å². The molecule has 0 heterocycles. The van der Waals surface area contributed by atoms with E-state index in [1.165, 1.54) is 38.5 Å². The van der Waals surface area contributed by atoms with Crippen LogP contribution in [0.25, 0.3) is 0 Å². The predicted molar refractivity (Wildman–Crippen MR) is 275 cm³/mol. The first-order valence-electron chi connectivity index (χ1n) is 27.5. The molecule has 0 aromatic rings. The van der Waals surface area contributed by atoms with Gasteiger partial charge in [-0.3, -0.25) is 37.3 Å². The van der Waals surface area contributed by atoms with Gasteiger partial charge in [0.05, 0.1) is 26.4 Å². The van der Waals surface area contributed by atoms with Crippen molar-refractivity contribution in [3.8, 4) is 0 Å². The van der Waals surface area contributed by atoms with Crippen molar-refractivity contribution in [1.82, 2.24) is 0 Å². The van der Waals surface area contributed by atoms with E-state index in [0.717, 1.165) is 109 Å². The van der Waals surface area contributed by atoms with Crippen LogP contribution < -0.4 is 0 Å². The Hall–Kier alpha value is -1.94. The van der Waals surface area contributed by atoms with Crippen LogP contribution in [0.4, 0.5) is 0 Å². The lowest BCUT2D eigenvalue weighted by molar-refractivity contribution is -0.161. The summed E-state index contributed by atoms with van der Waals surface area (Å²) in [4.78, 5) is 71.2. The lowest BCUT2D eigenvalue weighted by atomic mass is 10.0. The summed E-state index contributed by atoms with van der Waals surface area (Å²) in [5, 5.41) is 10.4. The van der Waals surface area contributed by atoms with Crippen molar-refractivity contribution in [3.05, 3.63) is 0 Å². The molecule has 0 aromatic carbocycles. The maximum absolute atomic E-state index is 12.8. The molecule has 0 bridgehead atoms. The van der Waals surface area contributed by atoms with Gasteiger partial charge < -0.3 is 33.8 Å². The highest BCUT2D eigenvalue weighted by atomic mass is 31.2. The van der Waals surface area contributed by atoms with Crippen LogP contribution in [-0.2, 0) is 65.4 Å². The van der Waals surface area contributed by atoms with Gasteiger partial charge in [-0.15, -0.1) is 0 Å². The molecule has 2 unspecified atom stereocenters. The zero-order chi connectivity index (χ0) is 53.0. The number of esters is 4. The molecule has 0 aliphatic carbocycles. The Kier molecular flexibility index (Phi) is 44.2. The Morgan fingerprint density at radius 2 is 0.648 bits per heavy atom. The van der Waals surface area contributed by atoms with Crippen molar-refractivity contribution >= 4 is 39.5 Å². The summed E-state index contributed by atoms with van der Waals surface area (Å²) < 4.78 is 67.1. The first-order chi connectivity index (χ1) is 33.9. The molecule has 0 aliphatic heterocycles. The number of carbonyl (C=O) groups is 4. The van der Waals surface area contributed by atoms with Crippen LogP contribution >= 0.6 is 15.6 Å². The van der Waals surface area contributed by atoms with Crippen molar-refractivity contribution in [2.45, 2.75) is 259 Å². The number of carbonyl (C=O) groups excluding carboxylic acids is 4. The minimum atomic E-state index is -4.93. The molecule has 0 fully saturated rings. The van der Waals surface area contributed by atoms with Crippen LogP contribution in [0.5, 0.6) is 0 Å². The molecule has 0 radical (unpaired) electrons. The lowest BCUT2D eigenvalue weighted by Crippen LogP contribution is -2.30. The van der Waals surface area contributed by atoms with E-state index in [1.807, 2.05) is 0 Å². The van der Waals surface area contributed by atoms with Crippen LogP contribution in [0.15, 0.2) is 0 Å². The third-order valence-electron chi connectivity index (χ3n) is 11.7. The summed E-state index contributed by atoms with van der Waals surface area (Å²) in [6.07, 6.45) is 23.3. The monoisotopic (exact) mass is 1060 g/mol. The van der Waals surface area contributed by atoms with Crippen LogP contribution in [-0.4, -0.2) is 96.7 Å². The van der Waals surface area contributed by atoms with Crippen molar-refractivity contribution in [2.75, 3.05) is 39.6 Å². The summed E-state index contributed by atoms with van der Waals surface area (Å²) in [5.41, 5.74) is 0. The normalized spacial score (nSPS) is 14.7. The lowest BCUT2D eigenvalue weighted by Gasteiger charge is -2.21. The van der Waals surface area contributed by atoms with Crippen molar-refractivity contribution in [1.29, 1.82) is 0 Å². The number of hydrogen-bond donors (Lipinski definition) is 3. The molecule has 0 aromatic heterocycles. The van der Waals surface area contributed by atoms with Gasteiger partial charge in [-0.05, 0) is 37.5 Å². The van der Waals surface area contributed by atoms with Crippen LogP contribution in [0.3, 0.4) is 0 Å². The zero-order valence-electron chi connectivity index (χ0n) is 45.0. The van der Waals surface area contributed by atoms with E-state index in [2.05, 4.69) is 41.5 Å². The summed E-state index contributed by atoms with van der Waals surface area (Å²) in [6, 6.07) is 0. The fourth-order valence-corrected chi connectivity index (χ4v) is 8.99. The molecule has 71 heavy (non-hydrogen) atoms. The van der Waals surface area contributed by atoms with Gasteiger partial charge in [0.2, 0.25) is 0 Å². The Labute approximate surface area is 428 Å². The third-order valence-corrected chi connectivity index (χ3v) is 13.6. The molecule has 420 valence electrons. The van der Waals surface area contributed by atoms with Gasteiger partial charge in [0.25, 0.3) is 0 Å². The van der Waals surface area contributed by atoms with Crippen molar-refractivity contribution in [3.63, 3.8) is 0 Å². The standard InChI is InChI=1S/C52H100O17P2/c1-7-9-11-13-14-15-24-30-36-51(56)68-47(40-62-49(54)34-28-20-12-10-8-2)42-66-70(58,59)64-38-46(53)39-65-71(60,61)67-43-48(69-52(57)37-31-25-19-17-22-27-33-45(5)6)41-63-50(55)35-29-23-18-16-21-26-32-44(3)4/h44-48,53H,7-43H2,1-6H3,(H,58,59)(H,60,61)/t46-,47+,48+/m0/s1. The number of phosphoric ester groups is 2. The number of hydrogen-bond acceptors (Lipinski definition) is 15. The smallest absolute Gasteiger partial charge is 0.462 e. The average molecular weight is 1060 g/mol. The van der Waals surface area contributed by atoms with Crippen molar-refractivity contribution in [2.24, 2.45) is 11.8 Å². The number of ether oxygens (including phenoxy) is 4. The average Bonchev–Trinajstić information content (AvgIpc) is 3.31. The SMILES string of the molecule is CCCCCCCCCCC(=O)O[C@H](COC(=O)CCCCCCC)COP(=O)(O)OC[C@H](O)COP(=O)(O)OC[C@@H](COC(=O)CCCCCCCCC(C)C)OC(=O)CCCCCCCCC(C)C. The Morgan fingerprint density at radius 3 is 0.958 bits per heavy atom. The fourth-order valence-electron chi connectivity index (χ4n) is 7.41. The van der Waals surface area contributed by atoms with E-state index in [1.54, 1.807) is 0 Å². The van der Waals surface area contributed by atoms with E-state index in [0.29, 0.717) is 37.5 Å². The van der Waals surface area contributed by atoms with Crippen LogP contribution in [0.2, 0.25) is 0 Å². The zero-order valence-corrected chi connectivity index (χ0v) is 46.8. The maximum atomic E-state index is 12.8. The molecule has 0 saturated heterocycles. The minimum absolute atomic E-state index is 0.101. The minimum Gasteiger partial charge on any atom is -0.462 e. The first-order valence-corrected chi connectivity index (χ1v) is 30.5. The number of rotatable bonds is 51. The van der Waals surface area contributed by atoms with E-state index < -0.39 is 97.5 Å². The number of phosphoric acid groups is 2. The van der Waals surface area contributed by atoms with Crippen LogP contribution in [0, 0.1) is 11.8 Å². The van der Waals surface area contributed by atoms with Gasteiger partial charge in [0.15, 0.2) is 12.2 Å². The number of aliphatic hydroxyl groups excluding tert-OH is 1. The molecule has 0 saturated carbocycles. The molecule has 0 aliphatic rings. The van der Waals surface area contributed by atoms with Gasteiger partial charge in [0, 0.05) is 25.7 Å². The molecule has 17 nitrogen and oxygen atoms in total. The molecule has 0 amide bonds. The van der Waals surface area contributed by atoms with Gasteiger partial charge >= 0.3 is 39.5 Å². The summed E-state index contributed by atoms with van der Waals surface area (Å²) in [5.74, 6) is -0.822. The third kappa shape index (κ3) is 47.5. The van der Waals surface area contributed by atoms with E-state index in [9.17, 15) is 43.2 Å². The quantitative estimate of drug-likeness (QED) is 0.0222. The Bertz CT molecular complexity index is 1430. The van der Waals surface area contributed by atoms with Crippen molar-refractivity contribution < 1.29 is 80.2 Å². The summed E-state index contributed by atoms with van der Waals surface area (Å²) in [6.45, 7) is 9.09.